The van der Waals surface area contributed by atoms with E-state index < -0.39 is 11.9 Å². The lowest BCUT2D eigenvalue weighted by molar-refractivity contribution is -0.136. The molecule has 0 saturated carbocycles. The number of hydrogen-bond donors (Lipinski definition) is 1. The number of aromatic nitrogens is 2. The molecule has 4 nitrogen and oxygen atoms in total. The molecule has 0 unspecified atom stereocenters. The van der Waals surface area contributed by atoms with E-state index in [-0.39, 0.29) is 17.9 Å². The van der Waals surface area contributed by atoms with E-state index in [1.807, 2.05) is 13.8 Å². The van der Waals surface area contributed by atoms with E-state index in [1.54, 1.807) is 0 Å². The van der Waals surface area contributed by atoms with Crippen molar-refractivity contribution in [3.8, 4) is 0 Å². The van der Waals surface area contributed by atoms with Crippen molar-refractivity contribution >= 4 is 5.97 Å². The van der Waals surface area contributed by atoms with Crippen molar-refractivity contribution in [2.24, 2.45) is 5.92 Å². The Balaban J connectivity index is 2.79. The van der Waals surface area contributed by atoms with Crippen LogP contribution in [0.3, 0.4) is 0 Å². The topological polar surface area (TPSA) is 55.1 Å². The number of carboxylic acids is 1. The first-order valence-corrected chi connectivity index (χ1v) is 4.42. The molecule has 0 aliphatic rings. The lowest BCUT2D eigenvalue weighted by Crippen LogP contribution is -2.09. The fourth-order valence-electron chi connectivity index (χ4n) is 1.16. The van der Waals surface area contributed by atoms with E-state index in [4.69, 9.17) is 5.11 Å². The minimum Gasteiger partial charge on any atom is -0.481 e. The second kappa shape index (κ2) is 4.21. The third-order valence-corrected chi connectivity index (χ3v) is 1.72. The maximum atomic E-state index is 13.4. The molecular formula is C9H13FN2O2. The molecule has 0 spiro atoms. The van der Waals surface area contributed by atoms with Crippen molar-refractivity contribution in [1.29, 1.82) is 0 Å². The number of nitrogens with zero attached hydrogens (tertiary/aromatic N) is 2. The van der Waals surface area contributed by atoms with Crippen LogP contribution in [-0.4, -0.2) is 20.9 Å². The first-order valence-electron chi connectivity index (χ1n) is 4.42. The zero-order valence-corrected chi connectivity index (χ0v) is 8.20. The van der Waals surface area contributed by atoms with E-state index in [0.717, 1.165) is 0 Å². The Labute approximate surface area is 81.3 Å². The Morgan fingerprint density at radius 1 is 1.71 bits per heavy atom. The van der Waals surface area contributed by atoms with Crippen LogP contribution in [0.1, 0.15) is 19.4 Å². The van der Waals surface area contributed by atoms with Crippen LogP contribution in [0.5, 0.6) is 0 Å². The largest absolute Gasteiger partial charge is 0.481 e. The molecule has 1 rings (SSSR count). The monoisotopic (exact) mass is 200 g/mol. The van der Waals surface area contributed by atoms with E-state index in [9.17, 15) is 9.18 Å². The summed E-state index contributed by atoms with van der Waals surface area (Å²) in [5.41, 5.74) is 0.137. The number of halogens is 1. The second-order valence-electron chi connectivity index (χ2n) is 3.61. The predicted molar refractivity (Wildman–Crippen MR) is 48.4 cm³/mol. The van der Waals surface area contributed by atoms with E-state index >= 15 is 0 Å². The van der Waals surface area contributed by atoms with Gasteiger partial charge in [0.15, 0.2) is 0 Å². The van der Waals surface area contributed by atoms with Gasteiger partial charge in [-0.25, -0.2) is 4.68 Å². The Hall–Kier alpha value is -1.39. The van der Waals surface area contributed by atoms with Gasteiger partial charge in [0, 0.05) is 12.1 Å². The molecule has 0 fully saturated rings. The van der Waals surface area contributed by atoms with Gasteiger partial charge in [-0.15, -0.1) is 0 Å². The van der Waals surface area contributed by atoms with Crippen molar-refractivity contribution in [2.75, 3.05) is 0 Å². The van der Waals surface area contributed by atoms with Crippen LogP contribution in [0, 0.1) is 11.9 Å². The lowest BCUT2D eigenvalue weighted by Gasteiger charge is -2.04. The highest BCUT2D eigenvalue weighted by Gasteiger charge is 2.13. The van der Waals surface area contributed by atoms with Crippen LogP contribution in [0.25, 0.3) is 0 Å². The molecule has 1 aromatic heterocycles. The summed E-state index contributed by atoms with van der Waals surface area (Å²) >= 11 is 0. The Morgan fingerprint density at radius 2 is 2.36 bits per heavy atom. The standard InChI is InChI=1S/C9H13FN2O2/c1-6(2)5-12-9(10)7(4-11-12)3-8(13)14/h4,6H,3,5H2,1-2H3,(H,13,14). The molecule has 0 aromatic carbocycles. The highest BCUT2D eigenvalue weighted by atomic mass is 19.1. The van der Waals surface area contributed by atoms with Crippen LogP contribution in [-0.2, 0) is 17.8 Å². The maximum absolute atomic E-state index is 13.4. The van der Waals surface area contributed by atoms with Gasteiger partial charge in [0.2, 0.25) is 5.95 Å². The van der Waals surface area contributed by atoms with E-state index in [0.29, 0.717) is 6.54 Å². The normalized spacial score (nSPS) is 10.9. The van der Waals surface area contributed by atoms with Crippen molar-refractivity contribution in [3.63, 3.8) is 0 Å². The van der Waals surface area contributed by atoms with E-state index in [1.165, 1.54) is 10.9 Å². The molecule has 0 amide bonds. The van der Waals surface area contributed by atoms with Crippen molar-refractivity contribution in [2.45, 2.75) is 26.8 Å². The first kappa shape index (κ1) is 10.7. The summed E-state index contributed by atoms with van der Waals surface area (Å²) in [6.07, 6.45) is 0.954. The summed E-state index contributed by atoms with van der Waals surface area (Å²) < 4.78 is 14.6. The molecular weight excluding hydrogens is 187 g/mol. The van der Waals surface area contributed by atoms with Crippen molar-refractivity contribution < 1.29 is 14.3 Å². The summed E-state index contributed by atoms with van der Waals surface area (Å²) in [5.74, 6) is -1.31. The SMILES string of the molecule is CC(C)Cn1ncc(CC(=O)O)c1F. The fraction of sp³-hybridized carbons (Fsp3) is 0.556. The average molecular weight is 200 g/mol. The summed E-state index contributed by atoms with van der Waals surface area (Å²) in [6.45, 7) is 4.35. The third kappa shape index (κ3) is 2.55. The first-order chi connectivity index (χ1) is 6.50. The molecule has 5 heteroatoms. The van der Waals surface area contributed by atoms with Gasteiger partial charge in [-0.2, -0.15) is 9.49 Å². The Morgan fingerprint density at radius 3 is 2.86 bits per heavy atom. The summed E-state index contributed by atoms with van der Waals surface area (Å²) in [6, 6.07) is 0. The highest BCUT2D eigenvalue weighted by molar-refractivity contribution is 5.69. The van der Waals surface area contributed by atoms with Gasteiger partial charge in [0.05, 0.1) is 12.6 Å². The highest BCUT2D eigenvalue weighted by Crippen LogP contribution is 2.09. The fourth-order valence-corrected chi connectivity index (χ4v) is 1.16. The van der Waals surface area contributed by atoms with Crippen molar-refractivity contribution in [3.05, 3.63) is 17.7 Å². The van der Waals surface area contributed by atoms with Gasteiger partial charge in [0.1, 0.15) is 0 Å². The zero-order chi connectivity index (χ0) is 10.7. The van der Waals surface area contributed by atoms with Crippen molar-refractivity contribution in [1.82, 2.24) is 9.78 Å². The van der Waals surface area contributed by atoms with Crippen LogP contribution in [0.15, 0.2) is 6.20 Å². The number of aliphatic carboxylic acids is 1. The molecule has 0 atom stereocenters. The molecule has 0 aliphatic heterocycles. The van der Waals surface area contributed by atoms with Crippen LogP contribution in [0.4, 0.5) is 4.39 Å². The lowest BCUT2D eigenvalue weighted by atomic mass is 10.2. The molecule has 0 saturated heterocycles. The molecule has 0 aliphatic carbocycles. The van der Waals surface area contributed by atoms with E-state index in [2.05, 4.69) is 5.10 Å². The quantitative estimate of drug-likeness (QED) is 0.797. The molecule has 1 N–H and O–H groups in total. The third-order valence-electron chi connectivity index (χ3n) is 1.72. The second-order valence-corrected chi connectivity index (χ2v) is 3.61. The molecule has 14 heavy (non-hydrogen) atoms. The summed E-state index contributed by atoms with van der Waals surface area (Å²) in [7, 11) is 0. The number of carboxylic acid groups (broad SMARTS) is 1. The number of rotatable bonds is 4. The minimum atomic E-state index is -1.05. The van der Waals surface area contributed by atoms with Crippen LogP contribution < -0.4 is 0 Å². The molecule has 1 heterocycles. The maximum Gasteiger partial charge on any atom is 0.308 e. The average Bonchev–Trinajstić information content (AvgIpc) is 2.34. The number of hydrogen-bond acceptors (Lipinski definition) is 2. The number of carbonyl (C=O) groups is 1. The minimum absolute atomic E-state index is 0.137. The van der Waals surface area contributed by atoms with Gasteiger partial charge in [-0.3, -0.25) is 4.79 Å². The molecule has 1 aromatic rings. The summed E-state index contributed by atoms with van der Waals surface area (Å²) in [4.78, 5) is 10.3. The van der Waals surface area contributed by atoms with Gasteiger partial charge in [-0.1, -0.05) is 13.8 Å². The smallest absolute Gasteiger partial charge is 0.308 e. The van der Waals surface area contributed by atoms with Gasteiger partial charge in [-0.05, 0) is 5.92 Å². The van der Waals surface area contributed by atoms with Crippen LogP contribution in [0.2, 0.25) is 0 Å². The Kier molecular flexibility index (Phi) is 3.22. The predicted octanol–water partition coefficient (Wildman–Crippen LogP) is 1.31. The van der Waals surface area contributed by atoms with Gasteiger partial charge < -0.3 is 5.11 Å². The summed E-state index contributed by atoms with van der Waals surface area (Å²) in [5, 5.41) is 12.3. The van der Waals surface area contributed by atoms with Gasteiger partial charge in [0.25, 0.3) is 0 Å². The Bertz CT molecular complexity index is 334. The molecule has 78 valence electrons. The zero-order valence-electron chi connectivity index (χ0n) is 8.20. The van der Waals surface area contributed by atoms with Crippen LogP contribution >= 0.6 is 0 Å². The molecule has 0 radical (unpaired) electrons. The van der Waals surface area contributed by atoms with Gasteiger partial charge >= 0.3 is 5.97 Å². The molecule has 0 bridgehead atoms.